The number of nitrogen functional groups attached to an aromatic ring is 1. The Hall–Kier alpha value is -3.16. The second kappa shape index (κ2) is 7.59. The van der Waals surface area contributed by atoms with Gasteiger partial charge in [0.05, 0.1) is 4.88 Å². The number of thiophene rings is 1. The molecule has 0 spiro atoms. The minimum Gasteiger partial charge on any atom is -0.383 e. The zero-order valence-corrected chi connectivity index (χ0v) is 17.6. The standard InChI is InChI=1S/C23H23N5OS/c1-26-9-11-27(12-10-26)23(29)17-5-2-4-16(14-17)18-7-8-20-25-21(19-6-3-13-30-19)22(24)28(20)15-18/h2-8,13-15H,9-12,24H2,1H3. The number of carbonyl (C=O) groups is 1. The van der Waals surface area contributed by atoms with E-state index in [-0.39, 0.29) is 5.91 Å². The van der Waals surface area contributed by atoms with Gasteiger partial charge in [0.15, 0.2) is 0 Å². The number of hydrogen-bond acceptors (Lipinski definition) is 5. The van der Waals surface area contributed by atoms with E-state index in [4.69, 9.17) is 5.73 Å². The molecule has 1 fully saturated rings. The van der Waals surface area contributed by atoms with Gasteiger partial charge in [-0.3, -0.25) is 9.20 Å². The lowest BCUT2D eigenvalue weighted by Gasteiger charge is -2.32. The number of benzene rings is 1. The first-order chi connectivity index (χ1) is 14.6. The number of fused-ring (bicyclic) bond motifs is 1. The molecule has 3 aromatic heterocycles. The predicted molar refractivity (Wildman–Crippen MR) is 122 cm³/mol. The van der Waals surface area contributed by atoms with Crippen LogP contribution in [0.5, 0.6) is 0 Å². The monoisotopic (exact) mass is 417 g/mol. The molecule has 152 valence electrons. The molecule has 0 unspecified atom stereocenters. The second-order valence-electron chi connectivity index (χ2n) is 7.65. The van der Waals surface area contributed by atoms with Gasteiger partial charge in [-0.2, -0.15) is 0 Å². The van der Waals surface area contributed by atoms with Gasteiger partial charge in [0.1, 0.15) is 17.2 Å². The lowest BCUT2D eigenvalue weighted by molar-refractivity contribution is 0.0664. The maximum atomic E-state index is 13.0. The molecule has 1 aliphatic rings. The van der Waals surface area contributed by atoms with Gasteiger partial charge < -0.3 is 15.5 Å². The summed E-state index contributed by atoms with van der Waals surface area (Å²) in [4.78, 5) is 22.9. The Morgan fingerprint density at radius 3 is 2.63 bits per heavy atom. The normalized spacial score (nSPS) is 15.0. The summed E-state index contributed by atoms with van der Waals surface area (Å²) in [7, 11) is 2.09. The fraction of sp³-hybridized carbons (Fsp3) is 0.217. The van der Waals surface area contributed by atoms with Crippen LogP contribution in [0, 0.1) is 0 Å². The van der Waals surface area contributed by atoms with Crippen LogP contribution in [0.25, 0.3) is 27.3 Å². The van der Waals surface area contributed by atoms with Gasteiger partial charge >= 0.3 is 0 Å². The topological polar surface area (TPSA) is 66.9 Å². The number of nitrogens with two attached hydrogens (primary N) is 1. The minimum atomic E-state index is 0.0909. The SMILES string of the molecule is CN1CCN(C(=O)c2cccc(-c3ccc4nc(-c5cccs5)c(N)n4c3)c2)CC1. The van der Waals surface area contributed by atoms with Crippen LogP contribution in [-0.2, 0) is 0 Å². The lowest BCUT2D eigenvalue weighted by Crippen LogP contribution is -2.47. The highest BCUT2D eigenvalue weighted by Gasteiger charge is 2.20. The summed E-state index contributed by atoms with van der Waals surface area (Å²) < 4.78 is 1.92. The average Bonchev–Trinajstić information content (AvgIpc) is 3.42. The Morgan fingerprint density at radius 2 is 1.87 bits per heavy atom. The van der Waals surface area contributed by atoms with Crippen molar-refractivity contribution in [3.05, 3.63) is 65.7 Å². The van der Waals surface area contributed by atoms with E-state index in [1.54, 1.807) is 11.3 Å². The molecule has 0 aliphatic carbocycles. The zero-order valence-electron chi connectivity index (χ0n) is 16.8. The van der Waals surface area contributed by atoms with Gasteiger partial charge in [-0.25, -0.2) is 4.98 Å². The quantitative estimate of drug-likeness (QED) is 0.552. The fourth-order valence-corrected chi connectivity index (χ4v) is 4.57. The number of likely N-dealkylation sites (N-methyl/N-ethyl adjacent to an activating group) is 1. The van der Waals surface area contributed by atoms with Crippen LogP contribution < -0.4 is 5.73 Å². The van der Waals surface area contributed by atoms with Crippen LogP contribution in [-0.4, -0.2) is 58.3 Å². The van der Waals surface area contributed by atoms with Crippen LogP contribution in [0.3, 0.4) is 0 Å². The Morgan fingerprint density at radius 1 is 1.03 bits per heavy atom. The van der Waals surface area contributed by atoms with E-state index in [0.29, 0.717) is 5.82 Å². The molecular formula is C23H23N5OS. The molecule has 0 atom stereocenters. The second-order valence-corrected chi connectivity index (χ2v) is 8.59. The highest BCUT2D eigenvalue weighted by molar-refractivity contribution is 7.13. The molecule has 5 rings (SSSR count). The number of pyridine rings is 1. The maximum absolute atomic E-state index is 13.0. The highest BCUT2D eigenvalue weighted by Crippen LogP contribution is 2.31. The molecule has 0 bridgehead atoms. The Bertz CT molecular complexity index is 1210. The number of imidazole rings is 1. The summed E-state index contributed by atoms with van der Waals surface area (Å²) in [5.41, 5.74) is 10.7. The summed E-state index contributed by atoms with van der Waals surface area (Å²) in [6.07, 6.45) is 1.99. The lowest BCUT2D eigenvalue weighted by atomic mass is 10.0. The molecule has 7 heteroatoms. The van der Waals surface area contributed by atoms with Crippen molar-refractivity contribution in [2.75, 3.05) is 39.0 Å². The van der Waals surface area contributed by atoms with Crippen molar-refractivity contribution in [1.29, 1.82) is 0 Å². The number of amides is 1. The van der Waals surface area contributed by atoms with Gasteiger partial charge in [0.2, 0.25) is 0 Å². The third kappa shape index (κ3) is 3.36. The minimum absolute atomic E-state index is 0.0909. The average molecular weight is 418 g/mol. The van der Waals surface area contributed by atoms with Gasteiger partial charge in [-0.1, -0.05) is 18.2 Å². The Kier molecular flexibility index (Phi) is 4.77. The molecule has 0 saturated carbocycles. The molecule has 1 aliphatic heterocycles. The number of nitrogens with zero attached hydrogens (tertiary/aromatic N) is 4. The Balaban J connectivity index is 1.47. The molecule has 6 nitrogen and oxygen atoms in total. The third-order valence-electron chi connectivity index (χ3n) is 5.64. The first-order valence-corrected chi connectivity index (χ1v) is 10.9. The first kappa shape index (κ1) is 18.8. The number of piperazine rings is 1. The van der Waals surface area contributed by atoms with Crippen molar-refractivity contribution in [3.8, 4) is 21.7 Å². The fourth-order valence-electron chi connectivity index (χ4n) is 3.85. The van der Waals surface area contributed by atoms with Gasteiger partial charge in [0.25, 0.3) is 5.91 Å². The molecule has 1 amide bonds. The molecule has 4 aromatic rings. The van der Waals surface area contributed by atoms with Crippen molar-refractivity contribution in [2.45, 2.75) is 0 Å². The van der Waals surface area contributed by atoms with Crippen molar-refractivity contribution >= 4 is 28.7 Å². The van der Waals surface area contributed by atoms with Crippen molar-refractivity contribution in [1.82, 2.24) is 19.2 Å². The maximum Gasteiger partial charge on any atom is 0.253 e. The van der Waals surface area contributed by atoms with Crippen LogP contribution in [0.4, 0.5) is 5.82 Å². The van der Waals surface area contributed by atoms with E-state index in [9.17, 15) is 4.79 Å². The van der Waals surface area contributed by atoms with Crippen molar-refractivity contribution in [2.24, 2.45) is 0 Å². The molecule has 30 heavy (non-hydrogen) atoms. The van der Waals surface area contributed by atoms with Crippen LogP contribution in [0.15, 0.2) is 60.1 Å². The van der Waals surface area contributed by atoms with E-state index < -0.39 is 0 Å². The molecule has 2 N–H and O–H groups in total. The number of rotatable bonds is 3. The zero-order chi connectivity index (χ0) is 20.7. The van der Waals surface area contributed by atoms with Gasteiger partial charge in [-0.15, -0.1) is 11.3 Å². The number of carbonyl (C=O) groups excluding carboxylic acids is 1. The molecular weight excluding hydrogens is 394 g/mol. The van der Waals surface area contributed by atoms with Crippen LogP contribution >= 0.6 is 11.3 Å². The van der Waals surface area contributed by atoms with Crippen molar-refractivity contribution < 1.29 is 4.79 Å². The van der Waals surface area contributed by atoms with E-state index in [1.807, 2.05) is 69.4 Å². The summed E-state index contributed by atoms with van der Waals surface area (Å²) in [5, 5.41) is 2.02. The van der Waals surface area contributed by atoms with E-state index in [2.05, 4.69) is 16.9 Å². The molecule has 4 heterocycles. The smallest absolute Gasteiger partial charge is 0.253 e. The first-order valence-electron chi connectivity index (χ1n) is 10.00. The summed E-state index contributed by atoms with van der Waals surface area (Å²) in [6.45, 7) is 3.36. The Labute approximate surface area is 179 Å². The summed E-state index contributed by atoms with van der Waals surface area (Å²) >= 11 is 1.62. The van der Waals surface area contributed by atoms with E-state index in [0.717, 1.165) is 59.1 Å². The van der Waals surface area contributed by atoms with Gasteiger partial charge in [-0.05, 0) is 53.9 Å². The largest absolute Gasteiger partial charge is 0.383 e. The molecule has 1 saturated heterocycles. The van der Waals surface area contributed by atoms with E-state index >= 15 is 0 Å². The van der Waals surface area contributed by atoms with Gasteiger partial charge in [0, 0.05) is 37.9 Å². The van der Waals surface area contributed by atoms with Crippen molar-refractivity contribution in [3.63, 3.8) is 0 Å². The predicted octanol–water partition coefficient (Wildman–Crippen LogP) is 3.70. The highest BCUT2D eigenvalue weighted by atomic mass is 32.1. The molecule has 1 aromatic carbocycles. The number of aromatic nitrogens is 2. The summed E-state index contributed by atoms with van der Waals surface area (Å²) in [6, 6.07) is 15.8. The number of anilines is 1. The third-order valence-corrected chi connectivity index (χ3v) is 6.52. The number of hydrogen-bond donors (Lipinski definition) is 1. The van der Waals surface area contributed by atoms with E-state index in [1.165, 1.54) is 0 Å². The molecule has 0 radical (unpaired) electrons. The van der Waals surface area contributed by atoms with Crippen LogP contribution in [0.1, 0.15) is 10.4 Å². The van der Waals surface area contributed by atoms with Crippen LogP contribution in [0.2, 0.25) is 0 Å². The summed E-state index contributed by atoms with van der Waals surface area (Å²) in [5.74, 6) is 0.715.